The minimum absolute atomic E-state index is 0.286. The van der Waals surface area contributed by atoms with Crippen LogP contribution in [0.2, 0.25) is 5.02 Å². The summed E-state index contributed by atoms with van der Waals surface area (Å²) in [6, 6.07) is 14.5. The summed E-state index contributed by atoms with van der Waals surface area (Å²) in [5.74, 6) is -0.741. The van der Waals surface area contributed by atoms with Gasteiger partial charge in [-0.1, -0.05) is 41.9 Å². The molecule has 0 fully saturated rings. The number of benzene rings is 2. The maximum atomic E-state index is 13.4. The lowest BCUT2D eigenvalue weighted by Gasteiger charge is -2.16. The van der Waals surface area contributed by atoms with Gasteiger partial charge in [0.2, 0.25) is 0 Å². The van der Waals surface area contributed by atoms with Gasteiger partial charge in [-0.2, -0.15) is 5.10 Å². The zero-order chi connectivity index (χ0) is 20.3. The number of rotatable bonds is 2. The molecule has 6 nitrogen and oxygen atoms in total. The molecule has 0 unspecified atom stereocenters. The molecule has 0 saturated heterocycles. The molecule has 0 atom stereocenters. The first-order valence-corrected chi connectivity index (χ1v) is 9.41. The number of hydrogen-bond donors (Lipinski definition) is 0. The Morgan fingerprint density at radius 1 is 0.966 bits per heavy atom. The number of anilines is 1. The Labute approximate surface area is 171 Å². The van der Waals surface area contributed by atoms with E-state index in [1.807, 2.05) is 37.3 Å². The number of para-hydroxylation sites is 1. The van der Waals surface area contributed by atoms with E-state index in [0.29, 0.717) is 33.0 Å². The number of aryl methyl sites for hydroxylation is 2. The summed E-state index contributed by atoms with van der Waals surface area (Å²) in [5.41, 5.74) is 3.97. The summed E-state index contributed by atoms with van der Waals surface area (Å²) in [7, 11) is 1.77. The molecule has 142 valence electrons. The second kappa shape index (κ2) is 6.25. The molecule has 2 amide bonds. The van der Waals surface area contributed by atoms with Gasteiger partial charge in [0.1, 0.15) is 5.69 Å². The summed E-state index contributed by atoms with van der Waals surface area (Å²) in [4.78, 5) is 32.2. The van der Waals surface area contributed by atoms with E-state index >= 15 is 0 Å². The van der Waals surface area contributed by atoms with Crippen molar-refractivity contribution in [2.75, 3.05) is 4.90 Å². The minimum Gasteiger partial charge on any atom is -0.268 e. The topological polar surface area (TPSA) is 68.1 Å². The number of fused-ring (bicyclic) bond motifs is 3. The van der Waals surface area contributed by atoms with Crippen LogP contribution < -0.4 is 4.90 Å². The van der Waals surface area contributed by atoms with Crippen molar-refractivity contribution in [3.05, 3.63) is 76.4 Å². The molecule has 0 N–H and O–H groups in total. The van der Waals surface area contributed by atoms with Gasteiger partial charge in [0.15, 0.2) is 5.65 Å². The van der Waals surface area contributed by atoms with Crippen LogP contribution in [-0.4, -0.2) is 26.6 Å². The lowest BCUT2D eigenvalue weighted by Crippen LogP contribution is -2.30. The van der Waals surface area contributed by atoms with E-state index in [1.165, 1.54) is 11.1 Å². The average molecular weight is 403 g/mol. The smallest absolute Gasteiger partial charge is 0.267 e. The summed E-state index contributed by atoms with van der Waals surface area (Å²) >= 11 is 6.02. The number of carbonyl (C=O) groups is 2. The Kier molecular flexibility index (Phi) is 3.79. The van der Waals surface area contributed by atoms with Gasteiger partial charge in [-0.05, 0) is 30.7 Å². The Balaban J connectivity index is 1.78. The predicted molar refractivity (Wildman–Crippen MR) is 111 cm³/mol. The largest absolute Gasteiger partial charge is 0.268 e. The number of pyridine rings is 1. The lowest BCUT2D eigenvalue weighted by atomic mass is 10.0. The third kappa shape index (κ3) is 2.49. The van der Waals surface area contributed by atoms with Gasteiger partial charge in [0, 0.05) is 23.8 Å². The van der Waals surface area contributed by atoms with Crippen molar-refractivity contribution in [1.29, 1.82) is 0 Å². The molecular formula is C22H15ClN4O2. The predicted octanol–water partition coefficient (Wildman–Crippen LogP) is 4.40. The summed E-state index contributed by atoms with van der Waals surface area (Å²) in [6.07, 6.45) is 1.46. The molecule has 2 aromatic carbocycles. The van der Waals surface area contributed by atoms with E-state index in [0.717, 1.165) is 11.1 Å². The van der Waals surface area contributed by atoms with Crippen molar-refractivity contribution in [1.82, 2.24) is 14.8 Å². The number of imide groups is 1. The van der Waals surface area contributed by atoms with Crippen LogP contribution >= 0.6 is 11.6 Å². The third-order valence-corrected chi connectivity index (χ3v) is 5.43. The quantitative estimate of drug-likeness (QED) is 0.466. The molecule has 0 spiro atoms. The maximum Gasteiger partial charge on any atom is 0.267 e. The molecule has 0 bridgehead atoms. The first-order chi connectivity index (χ1) is 14.0. The molecule has 4 aromatic rings. The van der Waals surface area contributed by atoms with Crippen molar-refractivity contribution in [2.45, 2.75) is 6.92 Å². The van der Waals surface area contributed by atoms with Gasteiger partial charge < -0.3 is 0 Å². The van der Waals surface area contributed by atoms with E-state index < -0.39 is 0 Å². The van der Waals surface area contributed by atoms with Crippen LogP contribution in [0, 0.1) is 6.92 Å². The summed E-state index contributed by atoms with van der Waals surface area (Å²) < 4.78 is 1.62. The SMILES string of the molecule is Cc1ccccc1N1C(=O)c2cnc3c(c(-c4ccc(Cl)cc4)nn3C)c2C1=O. The van der Waals surface area contributed by atoms with Crippen LogP contribution in [0.25, 0.3) is 22.3 Å². The Hall–Kier alpha value is -3.51. The van der Waals surface area contributed by atoms with E-state index in [1.54, 1.807) is 29.9 Å². The Morgan fingerprint density at radius 2 is 1.69 bits per heavy atom. The number of hydrogen-bond acceptors (Lipinski definition) is 4. The van der Waals surface area contributed by atoms with Gasteiger partial charge in [-0.15, -0.1) is 0 Å². The standard InChI is InChI=1S/C22H15ClN4O2/c1-12-5-3-4-6-16(12)27-21(28)15-11-24-20-18(17(15)22(27)29)19(25-26(20)2)13-7-9-14(23)10-8-13/h3-11H,1-2H3. The van der Waals surface area contributed by atoms with E-state index in [4.69, 9.17) is 11.6 Å². The highest BCUT2D eigenvalue weighted by molar-refractivity contribution is 6.38. The van der Waals surface area contributed by atoms with Crippen LogP contribution in [-0.2, 0) is 7.05 Å². The van der Waals surface area contributed by atoms with Gasteiger partial charge >= 0.3 is 0 Å². The fourth-order valence-corrected chi connectivity index (χ4v) is 3.90. The number of amides is 2. The van der Waals surface area contributed by atoms with Crippen molar-refractivity contribution < 1.29 is 9.59 Å². The molecular weight excluding hydrogens is 388 g/mol. The number of aromatic nitrogens is 3. The van der Waals surface area contributed by atoms with Crippen LogP contribution in [0.5, 0.6) is 0 Å². The van der Waals surface area contributed by atoms with Crippen LogP contribution in [0.3, 0.4) is 0 Å². The highest BCUT2D eigenvalue weighted by Gasteiger charge is 2.40. The van der Waals surface area contributed by atoms with Gasteiger partial charge in [-0.25, -0.2) is 14.6 Å². The van der Waals surface area contributed by atoms with Gasteiger partial charge in [0.05, 0.1) is 22.2 Å². The first kappa shape index (κ1) is 17.6. The lowest BCUT2D eigenvalue weighted by molar-refractivity contribution is 0.0926. The Bertz CT molecular complexity index is 1320. The first-order valence-electron chi connectivity index (χ1n) is 9.03. The normalized spacial score (nSPS) is 13.4. The van der Waals surface area contributed by atoms with E-state index in [9.17, 15) is 9.59 Å². The monoisotopic (exact) mass is 402 g/mol. The fourth-order valence-electron chi connectivity index (χ4n) is 3.77. The van der Waals surface area contributed by atoms with E-state index in [-0.39, 0.29) is 17.4 Å². The molecule has 0 aliphatic carbocycles. The molecule has 3 heterocycles. The van der Waals surface area contributed by atoms with E-state index in [2.05, 4.69) is 10.1 Å². The van der Waals surface area contributed by atoms with Crippen molar-refractivity contribution in [3.8, 4) is 11.3 Å². The molecule has 7 heteroatoms. The molecule has 2 aromatic heterocycles. The number of carbonyl (C=O) groups excluding carboxylic acids is 2. The van der Waals surface area contributed by atoms with Crippen molar-refractivity contribution in [2.24, 2.45) is 7.05 Å². The molecule has 5 rings (SSSR count). The number of halogens is 1. The number of nitrogens with zero attached hydrogens (tertiary/aromatic N) is 4. The fraction of sp³-hybridized carbons (Fsp3) is 0.0909. The van der Waals surface area contributed by atoms with Gasteiger partial charge in [-0.3, -0.25) is 9.59 Å². The molecule has 1 aliphatic rings. The van der Waals surface area contributed by atoms with Crippen LogP contribution in [0.1, 0.15) is 26.3 Å². The molecule has 0 saturated carbocycles. The van der Waals surface area contributed by atoms with Crippen molar-refractivity contribution in [3.63, 3.8) is 0 Å². The summed E-state index contributed by atoms with van der Waals surface area (Å²) in [5, 5.41) is 5.75. The highest BCUT2D eigenvalue weighted by atomic mass is 35.5. The molecule has 1 aliphatic heterocycles. The zero-order valence-electron chi connectivity index (χ0n) is 15.7. The van der Waals surface area contributed by atoms with Crippen molar-refractivity contribution >= 4 is 40.1 Å². The molecule has 0 radical (unpaired) electrons. The second-order valence-corrected chi connectivity index (χ2v) is 7.39. The second-order valence-electron chi connectivity index (χ2n) is 6.96. The summed E-state index contributed by atoms with van der Waals surface area (Å²) in [6.45, 7) is 1.87. The minimum atomic E-state index is -0.375. The van der Waals surface area contributed by atoms with Crippen LogP contribution in [0.4, 0.5) is 5.69 Å². The molecule has 29 heavy (non-hydrogen) atoms. The zero-order valence-corrected chi connectivity index (χ0v) is 16.4. The highest BCUT2D eigenvalue weighted by Crippen LogP contribution is 2.37. The Morgan fingerprint density at radius 3 is 2.41 bits per heavy atom. The van der Waals surface area contributed by atoms with Gasteiger partial charge in [0.25, 0.3) is 11.8 Å². The average Bonchev–Trinajstić information content (AvgIpc) is 3.18. The third-order valence-electron chi connectivity index (χ3n) is 5.18. The van der Waals surface area contributed by atoms with Crippen LogP contribution in [0.15, 0.2) is 54.7 Å². The maximum absolute atomic E-state index is 13.4.